The van der Waals surface area contributed by atoms with E-state index in [0.717, 1.165) is 42.1 Å². The van der Waals surface area contributed by atoms with E-state index in [-0.39, 0.29) is 0 Å². The lowest BCUT2D eigenvalue weighted by molar-refractivity contribution is 0.834. The molecule has 0 unspecified atom stereocenters. The molecule has 0 bridgehead atoms. The number of benzene rings is 1. The second-order valence-electron chi connectivity index (χ2n) is 5.03. The molecular weight excluding hydrogens is 250 g/mol. The smallest absolute Gasteiger partial charge is 0.203 e. The predicted octanol–water partition coefficient (Wildman–Crippen LogP) is 2.65. The third-order valence-corrected chi connectivity index (χ3v) is 3.63. The highest BCUT2D eigenvalue weighted by Gasteiger charge is 2.06. The number of para-hydroxylation sites is 2. The van der Waals surface area contributed by atoms with Gasteiger partial charge >= 0.3 is 0 Å². The van der Waals surface area contributed by atoms with Gasteiger partial charge in [0, 0.05) is 19.3 Å². The molecule has 0 fully saturated rings. The van der Waals surface area contributed by atoms with Crippen LogP contribution in [0.4, 0.5) is 5.95 Å². The summed E-state index contributed by atoms with van der Waals surface area (Å²) in [7, 11) is 2.04. The van der Waals surface area contributed by atoms with Crippen LogP contribution in [-0.4, -0.2) is 26.3 Å². The Hall–Kier alpha value is -2.30. The van der Waals surface area contributed by atoms with E-state index >= 15 is 0 Å². The first-order valence-electron chi connectivity index (χ1n) is 6.90. The van der Waals surface area contributed by atoms with Gasteiger partial charge in [-0.25, -0.2) is 4.98 Å². The Labute approximate surface area is 118 Å². The summed E-state index contributed by atoms with van der Waals surface area (Å²) in [4.78, 5) is 4.60. The predicted molar refractivity (Wildman–Crippen MR) is 80.8 cm³/mol. The zero-order valence-electron chi connectivity index (χ0n) is 11.8. The summed E-state index contributed by atoms with van der Waals surface area (Å²) >= 11 is 0. The Bertz CT molecular complexity index is 710. The van der Waals surface area contributed by atoms with E-state index in [1.807, 2.05) is 31.4 Å². The standard InChI is InChI=1S/C15H19N5/c1-11-12(10-17-19-11)6-5-9-16-15-18-13-7-3-4-8-14(13)20(15)2/h3-4,7-8,10H,5-6,9H2,1-2H3,(H,16,18)(H,17,19). The lowest BCUT2D eigenvalue weighted by atomic mass is 10.1. The van der Waals surface area contributed by atoms with Crippen molar-refractivity contribution in [1.29, 1.82) is 0 Å². The SMILES string of the molecule is Cc1[nH]ncc1CCCNc1nc2ccccc2n1C. The third-order valence-electron chi connectivity index (χ3n) is 3.63. The summed E-state index contributed by atoms with van der Waals surface area (Å²) in [6, 6.07) is 8.17. The summed E-state index contributed by atoms with van der Waals surface area (Å²) in [6.07, 6.45) is 3.99. The summed E-state index contributed by atoms with van der Waals surface area (Å²) in [5, 5.41) is 10.4. The Kier molecular flexibility index (Phi) is 3.41. The van der Waals surface area contributed by atoms with Crippen LogP contribution < -0.4 is 5.32 Å². The minimum Gasteiger partial charge on any atom is -0.356 e. The van der Waals surface area contributed by atoms with Crippen molar-refractivity contribution >= 4 is 17.0 Å². The van der Waals surface area contributed by atoms with E-state index in [1.165, 1.54) is 5.56 Å². The Morgan fingerprint density at radius 2 is 2.15 bits per heavy atom. The maximum Gasteiger partial charge on any atom is 0.203 e. The first-order chi connectivity index (χ1) is 9.75. The molecule has 0 aliphatic rings. The molecule has 104 valence electrons. The van der Waals surface area contributed by atoms with Crippen molar-refractivity contribution < 1.29 is 0 Å². The molecule has 2 N–H and O–H groups in total. The maximum absolute atomic E-state index is 4.60. The monoisotopic (exact) mass is 269 g/mol. The van der Waals surface area contributed by atoms with Crippen molar-refractivity contribution in [2.24, 2.45) is 7.05 Å². The van der Waals surface area contributed by atoms with Gasteiger partial charge in [0.25, 0.3) is 0 Å². The maximum atomic E-state index is 4.60. The average Bonchev–Trinajstić information content (AvgIpc) is 3.00. The molecular formula is C15H19N5. The highest BCUT2D eigenvalue weighted by Crippen LogP contribution is 2.17. The van der Waals surface area contributed by atoms with Gasteiger partial charge in [0.1, 0.15) is 0 Å². The molecule has 0 radical (unpaired) electrons. The fourth-order valence-electron chi connectivity index (χ4n) is 2.41. The van der Waals surface area contributed by atoms with E-state index in [1.54, 1.807) is 0 Å². The number of rotatable bonds is 5. The number of hydrogen-bond donors (Lipinski definition) is 2. The van der Waals surface area contributed by atoms with Gasteiger partial charge < -0.3 is 9.88 Å². The van der Waals surface area contributed by atoms with Gasteiger partial charge in [-0.3, -0.25) is 5.10 Å². The molecule has 2 heterocycles. The lowest BCUT2D eigenvalue weighted by Gasteiger charge is -2.05. The zero-order valence-corrected chi connectivity index (χ0v) is 11.8. The number of imidazole rings is 1. The lowest BCUT2D eigenvalue weighted by Crippen LogP contribution is -2.07. The largest absolute Gasteiger partial charge is 0.356 e. The fraction of sp³-hybridized carbons (Fsp3) is 0.333. The van der Waals surface area contributed by atoms with Crippen LogP contribution in [0.1, 0.15) is 17.7 Å². The molecule has 3 rings (SSSR count). The van der Waals surface area contributed by atoms with Crippen LogP contribution >= 0.6 is 0 Å². The summed E-state index contributed by atoms with van der Waals surface area (Å²) in [5.74, 6) is 0.926. The molecule has 0 saturated heterocycles. The molecule has 5 heteroatoms. The van der Waals surface area contributed by atoms with Crippen LogP contribution in [0.25, 0.3) is 11.0 Å². The van der Waals surface area contributed by atoms with E-state index < -0.39 is 0 Å². The van der Waals surface area contributed by atoms with Gasteiger partial charge in [0.2, 0.25) is 5.95 Å². The topological polar surface area (TPSA) is 58.5 Å². The fourth-order valence-corrected chi connectivity index (χ4v) is 2.41. The number of aromatic nitrogens is 4. The number of fused-ring (bicyclic) bond motifs is 1. The van der Waals surface area contributed by atoms with Crippen molar-refractivity contribution in [3.05, 3.63) is 41.7 Å². The van der Waals surface area contributed by atoms with Crippen molar-refractivity contribution in [3.63, 3.8) is 0 Å². The van der Waals surface area contributed by atoms with Crippen molar-refractivity contribution in [1.82, 2.24) is 19.7 Å². The number of aryl methyl sites for hydroxylation is 3. The van der Waals surface area contributed by atoms with Gasteiger partial charge in [-0.15, -0.1) is 0 Å². The first-order valence-corrected chi connectivity index (χ1v) is 6.90. The molecule has 0 aliphatic heterocycles. The van der Waals surface area contributed by atoms with Crippen LogP contribution in [0.3, 0.4) is 0 Å². The molecule has 0 spiro atoms. The van der Waals surface area contributed by atoms with Crippen molar-refractivity contribution in [2.45, 2.75) is 19.8 Å². The van der Waals surface area contributed by atoms with Gasteiger partial charge in [0.15, 0.2) is 0 Å². The molecule has 0 saturated carbocycles. The van der Waals surface area contributed by atoms with Gasteiger partial charge in [-0.1, -0.05) is 12.1 Å². The molecule has 3 aromatic rings. The first kappa shape index (κ1) is 12.7. The van der Waals surface area contributed by atoms with Crippen LogP contribution in [0.2, 0.25) is 0 Å². The Morgan fingerprint density at radius 1 is 1.30 bits per heavy atom. The molecule has 1 aromatic carbocycles. The summed E-state index contributed by atoms with van der Waals surface area (Å²) in [6.45, 7) is 2.96. The van der Waals surface area contributed by atoms with Gasteiger partial charge in [0.05, 0.1) is 17.2 Å². The number of anilines is 1. The number of hydrogen-bond acceptors (Lipinski definition) is 3. The highest BCUT2D eigenvalue weighted by atomic mass is 15.2. The second-order valence-corrected chi connectivity index (χ2v) is 5.03. The van der Waals surface area contributed by atoms with Crippen LogP contribution in [-0.2, 0) is 13.5 Å². The molecule has 20 heavy (non-hydrogen) atoms. The van der Waals surface area contributed by atoms with E-state index in [9.17, 15) is 0 Å². The quantitative estimate of drug-likeness (QED) is 0.700. The molecule has 0 amide bonds. The van der Waals surface area contributed by atoms with Gasteiger partial charge in [-0.05, 0) is 37.5 Å². The summed E-state index contributed by atoms with van der Waals surface area (Å²) < 4.78 is 2.10. The van der Waals surface area contributed by atoms with Crippen molar-refractivity contribution in [2.75, 3.05) is 11.9 Å². The second kappa shape index (κ2) is 5.36. The normalized spacial score (nSPS) is 11.1. The van der Waals surface area contributed by atoms with Gasteiger partial charge in [-0.2, -0.15) is 5.10 Å². The number of nitrogens with zero attached hydrogens (tertiary/aromatic N) is 3. The average molecular weight is 269 g/mol. The third kappa shape index (κ3) is 2.39. The van der Waals surface area contributed by atoms with E-state index in [4.69, 9.17) is 0 Å². The molecule has 0 atom stereocenters. The molecule has 5 nitrogen and oxygen atoms in total. The number of nitrogens with one attached hydrogen (secondary N) is 2. The number of aromatic amines is 1. The van der Waals surface area contributed by atoms with Crippen LogP contribution in [0.5, 0.6) is 0 Å². The number of H-pyrrole nitrogens is 1. The van der Waals surface area contributed by atoms with Crippen LogP contribution in [0.15, 0.2) is 30.5 Å². The minimum atomic E-state index is 0.905. The summed E-state index contributed by atoms with van der Waals surface area (Å²) in [5.41, 5.74) is 4.63. The Balaban J connectivity index is 1.60. The van der Waals surface area contributed by atoms with Crippen LogP contribution in [0, 0.1) is 6.92 Å². The highest BCUT2D eigenvalue weighted by molar-refractivity contribution is 5.78. The zero-order chi connectivity index (χ0) is 13.9. The molecule has 2 aromatic heterocycles. The Morgan fingerprint density at radius 3 is 2.90 bits per heavy atom. The van der Waals surface area contributed by atoms with E-state index in [0.29, 0.717) is 0 Å². The molecule has 0 aliphatic carbocycles. The van der Waals surface area contributed by atoms with E-state index in [2.05, 4.69) is 38.1 Å². The van der Waals surface area contributed by atoms with Crippen molar-refractivity contribution in [3.8, 4) is 0 Å². The minimum absolute atomic E-state index is 0.905.